The zero-order chi connectivity index (χ0) is 13.1. The average Bonchev–Trinajstić information content (AvgIpc) is 2.81. The Bertz CT molecular complexity index is 511. The molecule has 1 aromatic carbocycles. The molecule has 0 saturated heterocycles. The summed E-state index contributed by atoms with van der Waals surface area (Å²) in [7, 11) is 0. The first-order chi connectivity index (χ1) is 8.61. The minimum Gasteiger partial charge on any atom is -0.459 e. The van der Waals surface area contributed by atoms with Crippen LogP contribution in [0.3, 0.4) is 0 Å². The van der Waals surface area contributed by atoms with Crippen LogP contribution in [0.4, 0.5) is 0 Å². The molecule has 0 aliphatic heterocycles. The summed E-state index contributed by atoms with van der Waals surface area (Å²) in [5.74, 6) is 0.912. The maximum absolute atomic E-state index is 11.8. The molecule has 0 aliphatic rings. The second-order valence-electron chi connectivity index (χ2n) is 4.73. The summed E-state index contributed by atoms with van der Waals surface area (Å²) in [6.45, 7) is 5.88. The summed E-state index contributed by atoms with van der Waals surface area (Å²) in [6.07, 6.45) is 0.846. The molecule has 0 fully saturated rings. The summed E-state index contributed by atoms with van der Waals surface area (Å²) in [5.41, 5.74) is 0.858. The van der Waals surface area contributed by atoms with Crippen molar-refractivity contribution in [3.8, 4) is 0 Å². The first-order valence-electron chi connectivity index (χ1n) is 6.40. The van der Waals surface area contributed by atoms with Crippen molar-refractivity contribution in [3.63, 3.8) is 0 Å². The third-order valence-electron chi connectivity index (χ3n) is 3.29. The Labute approximate surface area is 107 Å². The number of para-hydroxylation sites is 1. The van der Waals surface area contributed by atoms with Crippen LogP contribution in [0, 0.1) is 5.92 Å². The van der Waals surface area contributed by atoms with Gasteiger partial charge in [-0.1, -0.05) is 32.0 Å². The Hall–Kier alpha value is -1.77. The number of carbonyl (C=O) groups is 1. The van der Waals surface area contributed by atoms with Gasteiger partial charge in [-0.25, -0.2) is 0 Å². The van der Waals surface area contributed by atoms with Crippen molar-refractivity contribution < 1.29 is 9.21 Å². The number of nitrogens with one attached hydrogen (secondary N) is 1. The van der Waals surface area contributed by atoms with E-state index in [9.17, 15) is 4.79 Å². The van der Waals surface area contributed by atoms with Gasteiger partial charge >= 0.3 is 0 Å². The van der Waals surface area contributed by atoms with Crippen molar-refractivity contribution >= 4 is 16.9 Å². The summed E-state index contributed by atoms with van der Waals surface area (Å²) < 4.78 is 5.73. The second-order valence-corrected chi connectivity index (χ2v) is 4.73. The third kappa shape index (κ3) is 2.55. The van der Waals surface area contributed by atoms with Crippen molar-refractivity contribution in [2.75, 3.05) is 0 Å². The molecule has 0 saturated carbocycles. The highest BCUT2D eigenvalue weighted by Gasteiger charge is 2.17. The molecule has 1 amide bonds. The molecule has 0 aliphatic carbocycles. The van der Waals surface area contributed by atoms with Gasteiger partial charge in [0.05, 0.1) is 6.04 Å². The fourth-order valence-electron chi connectivity index (χ4n) is 1.83. The topological polar surface area (TPSA) is 42.2 Å². The van der Waals surface area contributed by atoms with Crippen LogP contribution in [-0.4, -0.2) is 5.91 Å². The highest BCUT2D eigenvalue weighted by atomic mass is 16.3. The van der Waals surface area contributed by atoms with Crippen molar-refractivity contribution in [1.82, 2.24) is 5.32 Å². The number of fused-ring (bicyclic) bond motifs is 1. The molecule has 2 rings (SSSR count). The van der Waals surface area contributed by atoms with Crippen LogP contribution in [0.5, 0.6) is 0 Å². The van der Waals surface area contributed by atoms with Gasteiger partial charge in [0.15, 0.2) is 0 Å². The second kappa shape index (κ2) is 5.25. The molecule has 0 bridgehead atoms. The van der Waals surface area contributed by atoms with Crippen LogP contribution < -0.4 is 5.32 Å². The van der Waals surface area contributed by atoms with E-state index in [0.717, 1.165) is 23.2 Å². The van der Waals surface area contributed by atoms with Gasteiger partial charge in [-0.3, -0.25) is 4.79 Å². The van der Waals surface area contributed by atoms with Gasteiger partial charge in [-0.15, -0.1) is 0 Å². The smallest absolute Gasteiger partial charge is 0.223 e. The third-order valence-corrected chi connectivity index (χ3v) is 3.29. The summed E-state index contributed by atoms with van der Waals surface area (Å²) in [4.78, 5) is 11.8. The lowest BCUT2D eigenvalue weighted by Gasteiger charge is -2.14. The van der Waals surface area contributed by atoms with E-state index in [1.54, 1.807) is 0 Å². The van der Waals surface area contributed by atoms with Crippen molar-refractivity contribution in [2.45, 2.75) is 33.2 Å². The molecule has 2 atom stereocenters. The van der Waals surface area contributed by atoms with Gasteiger partial charge < -0.3 is 9.73 Å². The first-order valence-corrected chi connectivity index (χ1v) is 6.40. The van der Waals surface area contributed by atoms with E-state index in [1.807, 2.05) is 51.1 Å². The van der Waals surface area contributed by atoms with Crippen LogP contribution in [0.1, 0.15) is 39.0 Å². The number of hydrogen-bond acceptors (Lipinski definition) is 2. The summed E-state index contributed by atoms with van der Waals surface area (Å²) >= 11 is 0. The molecule has 0 radical (unpaired) electrons. The number of benzene rings is 1. The van der Waals surface area contributed by atoms with E-state index in [2.05, 4.69) is 5.32 Å². The number of amides is 1. The quantitative estimate of drug-likeness (QED) is 0.893. The molecule has 1 aromatic heterocycles. The van der Waals surface area contributed by atoms with Gasteiger partial charge in [0.1, 0.15) is 11.3 Å². The minimum atomic E-state index is -0.0982. The summed E-state index contributed by atoms with van der Waals surface area (Å²) in [5, 5.41) is 4.04. The largest absolute Gasteiger partial charge is 0.459 e. The van der Waals surface area contributed by atoms with Gasteiger partial charge in [0.25, 0.3) is 0 Å². The highest BCUT2D eigenvalue weighted by molar-refractivity contribution is 5.80. The van der Waals surface area contributed by atoms with Crippen LogP contribution in [0.2, 0.25) is 0 Å². The molecule has 96 valence electrons. The van der Waals surface area contributed by atoms with Crippen LogP contribution in [0.15, 0.2) is 34.7 Å². The van der Waals surface area contributed by atoms with Gasteiger partial charge in [-0.2, -0.15) is 0 Å². The molecular weight excluding hydrogens is 226 g/mol. The number of carbonyl (C=O) groups excluding carboxylic acids is 1. The zero-order valence-corrected chi connectivity index (χ0v) is 11.1. The van der Waals surface area contributed by atoms with Gasteiger partial charge in [-0.05, 0) is 25.5 Å². The van der Waals surface area contributed by atoms with Gasteiger partial charge in [0, 0.05) is 11.3 Å². The Morgan fingerprint density at radius 3 is 2.72 bits per heavy atom. The average molecular weight is 245 g/mol. The van der Waals surface area contributed by atoms with Crippen molar-refractivity contribution in [2.24, 2.45) is 5.92 Å². The first kappa shape index (κ1) is 12.7. The lowest BCUT2D eigenvalue weighted by molar-refractivity contribution is -0.125. The Balaban J connectivity index is 2.13. The van der Waals surface area contributed by atoms with E-state index in [0.29, 0.717) is 0 Å². The van der Waals surface area contributed by atoms with Crippen molar-refractivity contribution in [3.05, 3.63) is 36.1 Å². The molecule has 18 heavy (non-hydrogen) atoms. The molecule has 0 spiro atoms. The van der Waals surface area contributed by atoms with E-state index in [4.69, 9.17) is 4.42 Å². The maximum atomic E-state index is 11.8. The molecule has 3 heteroatoms. The number of furan rings is 1. The van der Waals surface area contributed by atoms with Crippen LogP contribution in [-0.2, 0) is 4.79 Å². The normalized spacial score (nSPS) is 14.4. The highest BCUT2D eigenvalue weighted by Crippen LogP contribution is 2.23. The van der Waals surface area contributed by atoms with Crippen LogP contribution in [0.25, 0.3) is 11.0 Å². The Morgan fingerprint density at radius 2 is 2.06 bits per heavy atom. The molecule has 2 aromatic rings. The van der Waals surface area contributed by atoms with E-state index in [1.165, 1.54) is 0 Å². The SMILES string of the molecule is CC[C@@H](C)C(=O)N[C@H](C)c1cc2ccccc2o1. The number of rotatable bonds is 4. The van der Waals surface area contributed by atoms with Gasteiger partial charge in [0.2, 0.25) is 5.91 Å². The summed E-state index contributed by atoms with van der Waals surface area (Å²) in [6, 6.07) is 9.74. The number of hydrogen-bond donors (Lipinski definition) is 1. The zero-order valence-electron chi connectivity index (χ0n) is 11.1. The maximum Gasteiger partial charge on any atom is 0.223 e. The standard InChI is InChI=1S/C15H19NO2/c1-4-10(2)15(17)16-11(3)14-9-12-7-5-6-8-13(12)18-14/h5-11H,4H2,1-3H3,(H,16,17)/t10-,11-/m1/s1. The lowest BCUT2D eigenvalue weighted by atomic mass is 10.1. The minimum absolute atomic E-state index is 0.0387. The molecule has 3 nitrogen and oxygen atoms in total. The van der Waals surface area contributed by atoms with E-state index < -0.39 is 0 Å². The van der Waals surface area contributed by atoms with E-state index in [-0.39, 0.29) is 17.9 Å². The fraction of sp³-hybridized carbons (Fsp3) is 0.400. The Kier molecular flexibility index (Phi) is 3.70. The van der Waals surface area contributed by atoms with Crippen molar-refractivity contribution in [1.29, 1.82) is 0 Å². The predicted molar refractivity (Wildman–Crippen MR) is 72.2 cm³/mol. The molecule has 0 unspecified atom stereocenters. The predicted octanol–water partition coefficient (Wildman–Crippen LogP) is 3.66. The molecule has 1 N–H and O–H groups in total. The monoisotopic (exact) mass is 245 g/mol. The Morgan fingerprint density at radius 1 is 1.33 bits per heavy atom. The lowest BCUT2D eigenvalue weighted by Crippen LogP contribution is -2.31. The van der Waals surface area contributed by atoms with E-state index >= 15 is 0 Å². The molecular formula is C15H19NO2. The fourth-order valence-corrected chi connectivity index (χ4v) is 1.83. The van der Waals surface area contributed by atoms with Crippen LogP contribution >= 0.6 is 0 Å². The molecule has 1 heterocycles.